The molecular formula is C7H7N5O3. The van der Waals surface area contributed by atoms with Crippen molar-refractivity contribution in [2.75, 3.05) is 0 Å². The Morgan fingerprint density at radius 3 is 3.13 bits per heavy atom. The van der Waals surface area contributed by atoms with Gasteiger partial charge in [0.1, 0.15) is 11.9 Å². The van der Waals surface area contributed by atoms with E-state index in [2.05, 4.69) is 20.7 Å². The van der Waals surface area contributed by atoms with Crippen molar-refractivity contribution in [3.05, 3.63) is 23.8 Å². The zero-order chi connectivity index (χ0) is 10.7. The molecule has 0 radical (unpaired) electrons. The zero-order valence-electron chi connectivity index (χ0n) is 7.57. The van der Waals surface area contributed by atoms with Crippen molar-refractivity contribution >= 4 is 5.97 Å². The van der Waals surface area contributed by atoms with Crippen molar-refractivity contribution < 1.29 is 14.4 Å². The van der Waals surface area contributed by atoms with Crippen molar-refractivity contribution in [2.45, 2.75) is 13.0 Å². The zero-order valence-corrected chi connectivity index (χ0v) is 7.57. The summed E-state index contributed by atoms with van der Waals surface area (Å²) in [5.41, 5.74) is 0.0723. The predicted octanol–water partition coefficient (Wildman–Crippen LogP) is -0.398. The molecule has 0 unspecified atom stereocenters. The first-order valence-electron chi connectivity index (χ1n) is 4.15. The van der Waals surface area contributed by atoms with Gasteiger partial charge < -0.3 is 9.63 Å². The fourth-order valence-corrected chi connectivity index (χ4v) is 1.12. The maximum atomic E-state index is 10.7. The second-order valence-electron chi connectivity index (χ2n) is 2.79. The number of carbonyl (C=O) groups is 1. The molecule has 0 aliphatic heterocycles. The van der Waals surface area contributed by atoms with Crippen LogP contribution in [0.2, 0.25) is 0 Å². The molecule has 0 spiro atoms. The van der Waals surface area contributed by atoms with Crippen molar-refractivity contribution in [2.24, 2.45) is 0 Å². The molecule has 0 amide bonds. The molecule has 2 heterocycles. The number of aryl methyl sites for hydroxylation is 2. The lowest BCUT2D eigenvalue weighted by Crippen LogP contribution is -2.05. The molecule has 0 fully saturated rings. The fourth-order valence-electron chi connectivity index (χ4n) is 1.12. The first kappa shape index (κ1) is 9.31. The monoisotopic (exact) mass is 209 g/mol. The number of hydrogen-bond donors (Lipinski definition) is 1. The fraction of sp³-hybridized carbons (Fsp3) is 0.286. The lowest BCUT2D eigenvalue weighted by molar-refractivity contribution is 0.0694. The van der Waals surface area contributed by atoms with Crippen molar-refractivity contribution in [1.29, 1.82) is 0 Å². The van der Waals surface area contributed by atoms with Crippen LogP contribution in [0.25, 0.3) is 0 Å². The molecular weight excluding hydrogens is 202 g/mol. The van der Waals surface area contributed by atoms with Gasteiger partial charge in [0.25, 0.3) is 0 Å². The molecule has 0 saturated heterocycles. The van der Waals surface area contributed by atoms with Crippen molar-refractivity contribution in [3.63, 3.8) is 0 Å². The van der Waals surface area contributed by atoms with Crippen molar-refractivity contribution in [3.8, 4) is 0 Å². The first-order chi connectivity index (χ1) is 7.27. The molecule has 0 aromatic carbocycles. The number of carboxylic acid groups (broad SMARTS) is 1. The second-order valence-corrected chi connectivity index (χ2v) is 2.79. The van der Waals surface area contributed by atoms with Gasteiger partial charge in [-0.15, -0.1) is 5.10 Å². The standard InChI is InChI=1S/C7H7N5O3/c13-7(14)5-3-9-15-6(5)1-2-12-4-8-10-11-12/h3-4H,1-2H2,(H,13,14). The molecule has 15 heavy (non-hydrogen) atoms. The number of rotatable bonds is 4. The summed E-state index contributed by atoms with van der Waals surface area (Å²) in [6.45, 7) is 0.447. The average Bonchev–Trinajstić information content (AvgIpc) is 2.86. The molecule has 8 heteroatoms. The van der Waals surface area contributed by atoms with Crippen molar-refractivity contribution in [1.82, 2.24) is 25.4 Å². The van der Waals surface area contributed by atoms with E-state index in [-0.39, 0.29) is 5.56 Å². The van der Waals surface area contributed by atoms with Gasteiger partial charge in [-0.05, 0) is 10.4 Å². The number of aromatic carboxylic acids is 1. The van der Waals surface area contributed by atoms with Crippen LogP contribution in [0, 0.1) is 0 Å². The normalized spacial score (nSPS) is 10.4. The second kappa shape index (κ2) is 3.86. The van der Waals surface area contributed by atoms with Gasteiger partial charge in [-0.25, -0.2) is 9.48 Å². The number of carboxylic acids is 1. The lowest BCUT2D eigenvalue weighted by atomic mass is 10.2. The van der Waals surface area contributed by atoms with Gasteiger partial charge in [-0.1, -0.05) is 5.16 Å². The molecule has 1 N–H and O–H groups in total. The molecule has 2 aromatic rings. The Morgan fingerprint density at radius 2 is 2.47 bits per heavy atom. The van der Waals surface area contributed by atoms with Crippen LogP contribution in [0.4, 0.5) is 0 Å². The number of nitrogens with zero attached hydrogens (tertiary/aromatic N) is 5. The van der Waals surface area contributed by atoms with E-state index in [1.807, 2.05) is 0 Å². The van der Waals surface area contributed by atoms with Gasteiger partial charge in [0.2, 0.25) is 0 Å². The van der Waals surface area contributed by atoms with E-state index >= 15 is 0 Å². The summed E-state index contributed by atoms with van der Waals surface area (Å²) in [4.78, 5) is 10.7. The minimum absolute atomic E-state index is 0.0723. The highest BCUT2D eigenvalue weighted by Crippen LogP contribution is 2.09. The highest BCUT2D eigenvalue weighted by molar-refractivity contribution is 5.88. The molecule has 2 aromatic heterocycles. The third-order valence-electron chi connectivity index (χ3n) is 1.83. The topological polar surface area (TPSA) is 107 Å². The van der Waals surface area contributed by atoms with E-state index in [0.717, 1.165) is 0 Å². The molecule has 0 atom stereocenters. The summed E-state index contributed by atoms with van der Waals surface area (Å²) in [5.74, 6) is -0.735. The van der Waals surface area contributed by atoms with Gasteiger partial charge in [0.15, 0.2) is 5.76 Å². The summed E-state index contributed by atoms with van der Waals surface area (Å²) >= 11 is 0. The summed E-state index contributed by atoms with van der Waals surface area (Å²) in [6, 6.07) is 0. The number of aromatic nitrogens is 5. The van der Waals surface area contributed by atoms with Crippen LogP contribution in [0.3, 0.4) is 0 Å². The maximum Gasteiger partial charge on any atom is 0.340 e. The Morgan fingerprint density at radius 1 is 1.60 bits per heavy atom. The number of hydrogen-bond acceptors (Lipinski definition) is 6. The summed E-state index contributed by atoms with van der Waals surface area (Å²) in [7, 11) is 0. The van der Waals surface area contributed by atoms with E-state index in [4.69, 9.17) is 9.63 Å². The van der Waals surface area contributed by atoms with Crippen LogP contribution in [-0.4, -0.2) is 36.4 Å². The highest BCUT2D eigenvalue weighted by atomic mass is 16.5. The smallest absolute Gasteiger partial charge is 0.340 e. The molecule has 0 aliphatic carbocycles. The molecule has 2 rings (SSSR count). The van der Waals surface area contributed by atoms with Crippen LogP contribution in [0.15, 0.2) is 17.0 Å². The van der Waals surface area contributed by atoms with E-state index in [1.165, 1.54) is 17.2 Å². The predicted molar refractivity (Wildman–Crippen MR) is 45.0 cm³/mol. The Balaban J connectivity index is 2.05. The maximum absolute atomic E-state index is 10.7. The molecule has 0 aliphatic rings. The van der Waals surface area contributed by atoms with Crippen LogP contribution in [0.5, 0.6) is 0 Å². The van der Waals surface area contributed by atoms with Gasteiger partial charge in [0.05, 0.1) is 12.7 Å². The molecule has 78 valence electrons. The van der Waals surface area contributed by atoms with E-state index in [0.29, 0.717) is 18.7 Å². The van der Waals surface area contributed by atoms with Crippen LogP contribution in [-0.2, 0) is 13.0 Å². The Hall–Kier alpha value is -2.25. The third kappa shape index (κ3) is 1.98. The highest BCUT2D eigenvalue weighted by Gasteiger charge is 2.14. The SMILES string of the molecule is O=C(O)c1cnoc1CCn1cnnn1. The minimum atomic E-state index is -1.05. The van der Waals surface area contributed by atoms with E-state index < -0.39 is 5.97 Å². The van der Waals surface area contributed by atoms with E-state index in [9.17, 15) is 4.79 Å². The quantitative estimate of drug-likeness (QED) is 0.729. The minimum Gasteiger partial charge on any atom is -0.478 e. The summed E-state index contributed by atoms with van der Waals surface area (Å²) < 4.78 is 6.29. The average molecular weight is 209 g/mol. The molecule has 0 bridgehead atoms. The largest absolute Gasteiger partial charge is 0.478 e. The van der Waals surface area contributed by atoms with Gasteiger partial charge in [0, 0.05) is 6.42 Å². The van der Waals surface area contributed by atoms with Gasteiger partial charge in [-0.2, -0.15) is 0 Å². The Labute approximate surface area is 83.5 Å². The van der Waals surface area contributed by atoms with Crippen LogP contribution in [0.1, 0.15) is 16.1 Å². The van der Waals surface area contributed by atoms with E-state index in [1.54, 1.807) is 0 Å². The summed E-state index contributed by atoms with van der Waals surface area (Å²) in [5, 5.41) is 22.7. The third-order valence-corrected chi connectivity index (χ3v) is 1.83. The first-order valence-corrected chi connectivity index (χ1v) is 4.15. The molecule has 0 saturated carbocycles. The van der Waals surface area contributed by atoms with Gasteiger partial charge >= 0.3 is 5.97 Å². The Kier molecular flexibility index (Phi) is 2.40. The summed E-state index contributed by atoms with van der Waals surface area (Å²) in [6.07, 6.45) is 3.00. The van der Waals surface area contributed by atoms with Crippen LogP contribution < -0.4 is 0 Å². The number of tetrazole rings is 1. The van der Waals surface area contributed by atoms with Crippen LogP contribution >= 0.6 is 0 Å². The lowest BCUT2D eigenvalue weighted by Gasteiger charge is -1.96. The molecule has 8 nitrogen and oxygen atoms in total. The Bertz CT molecular complexity index is 449. The van der Waals surface area contributed by atoms with Gasteiger partial charge in [-0.3, -0.25) is 0 Å².